The molecule has 0 spiro atoms. The summed E-state index contributed by atoms with van der Waals surface area (Å²) in [5, 5.41) is 4.86. The van der Waals surface area contributed by atoms with Crippen molar-refractivity contribution in [3.63, 3.8) is 0 Å². The predicted molar refractivity (Wildman–Crippen MR) is 117 cm³/mol. The summed E-state index contributed by atoms with van der Waals surface area (Å²) in [7, 11) is 3.30. The van der Waals surface area contributed by atoms with Crippen LogP contribution in [0.4, 0.5) is 0 Å². The van der Waals surface area contributed by atoms with Crippen LogP contribution in [0.3, 0.4) is 0 Å². The monoisotopic (exact) mass is 407 g/mol. The number of aryl methyl sites for hydroxylation is 1. The summed E-state index contributed by atoms with van der Waals surface area (Å²) in [6.07, 6.45) is 1.08. The van der Waals surface area contributed by atoms with Crippen LogP contribution in [0.5, 0.6) is 17.2 Å². The molecule has 1 aliphatic rings. The van der Waals surface area contributed by atoms with Gasteiger partial charge in [0.15, 0.2) is 11.5 Å². The van der Waals surface area contributed by atoms with Gasteiger partial charge in [0.2, 0.25) is 0 Å². The lowest BCUT2D eigenvalue weighted by Crippen LogP contribution is -2.22. The third-order valence-electron chi connectivity index (χ3n) is 5.41. The highest BCUT2D eigenvalue weighted by Gasteiger charge is 2.18. The number of ether oxygens (including phenoxy) is 3. The van der Waals surface area contributed by atoms with E-state index in [4.69, 9.17) is 19.3 Å². The summed E-state index contributed by atoms with van der Waals surface area (Å²) >= 11 is 0. The van der Waals surface area contributed by atoms with Gasteiger partial charge in [0.1, 0.15) is 5.75 Å². The first-order valence-electron chi connectivity index (χ1n) is 10.4. The van der Waals surface area contributed by atoms with Gasteiger partial charge in [-0.15, -0.1) is 0 Å². The topological polar surface area (TPSA) is 48.8 Å². The molecular weight excluding hydrogens is 378 g/mol. The summed E-state index contributed by atoms with van der Waals surface area (Å²) in [6.45, 7) is 6.49. The molecular formula is C24H29N3O3. The SMILES string of the molecule is CCOc1ccc(CN2CCCn3nc(-c4ccc(OC)c(OC)c4)cc3C2)cc1. The Balaban J connectivity index is 1.50. The smallest absolute Gasteiger partial charge is 0.161 e. The maximum absolute atomic E-state index is 5.55. The van der Waals surface area contributed by atoms with Crippen LogP contribution in [-0.4, -0.2) is 42.1 Å². The average Bonchev–Trinajstić information content (AvgIpc) is 3.07. The molecule has 0 N–H and O–H groups in total. The summed E-state index contributed by atoms with van der Waals surface area (Å²) in [4.78, 5) is 2.48. The van der Waals surface area contributed by atoms with E-state index in [1.54, 1.807) is 14.2 Å². The molecule has 0 unspecified atom stereocenters. The molecule has 0 bridgehead atoms. The predicted octanol–water partition coefficient (Wildman–Crippen LogP) is 4.37. The highest BCUT2D eigenvalue weighted by atomic mass is 16.5. The van der Waals surface area contributed by atoms with Crippen LogP contribution in [0, 0.1) is 0 Å². The number of fused-ring (bicyclic) bond motifs is 1. The number of hydrogen-bond donors (Lipinski definition) is 0. The lowest BCUT2D eigenvalue weighted by atomic mass is 10.1. The van der Waals surface area contributed by atoms with Gasteiger partial charge in [0, 0.05) is 31.7 Å². The third-order valence-corrected chi connectivity index (χ3v) is 5.41. The molecule has 6 heteroatoms. The van der Waals surface area contributed by atoms with Crippen molar-refractivity contribution in [2.75, 3.05) is 27.4 Å². The average molecular weight is 408 g/mol. The fourth-order valence-corrected chi connectivity index (χ4v) is 3.92. The van der Waals surface area contributed by atoms with Gasteiger partial charge in [0.25, 0.3) is 0 Å². The Morgan fingerprint density at radius 1 is 0.933 bits per heavy atom. The zero-order valence-electron chi connectivity index (χ0n) is 17.9. The van der Waals surface area contributed by atoms with Crippen molar-refractivity contribution < 1.29 is 14.2 Å². The number of nitrogens with zero attached hydrogens (tertiary/aromatic N) is 3. The van der Waals surface area contributed by atoms with Gasteiger partial charge in [-0.1, -0.05) is 12.1 Å². The Morgan fingerprint density at radius 2 is 1.73 bits per heavy atom. The van der Waals surface area contributed by atoms with E-state index in [1.165, 1.54) is 11.3 Å². The van der Waals surface area contributed by atoms with Crippen molar-refractivity contribution in [1.82, 2.24) is 14.7 Å². The van der Waals surface area contributed by atoms with Crippen LogP contribution in [0.25, 0.3) is 11.3 Å². The number of aromatic nitrogens is 2. The van der Waals surface area contributed by atoms with E-state index in [0.717, 1.165) is 61.1 Å². The van der Waals surface area contributed by atoms with E-state index < -0.39 is 0 Å². The van der Waals surface area contributed by atoms with Gasteiger partial charge in [-0.25, -0.2) is 0 Å². The first-order chi connectivity index (χ1) is 14.7. The van der Waals surface area contributed by atoms with Crippen LogP contribution in [-0.2, 0) is 19.6 Å². The van der Waals surface area contributed by atoms with Crippen LogP contribution in [0.2, 0.25) is 0 Å². The second-order valence-corrected chi connectivity index (χ2v) is 7.45. The zero-order chi connectivity index (χ0) is 20.9. The first-order valence-corrected chi connectivity index (χ1v) is 10.4. The maximum atomic E-state index is 5.55. The highest BCUT2D eigenvalue weighted by Crippen LogP contribution is 2.32. The quantitative estimate of drug-likeness (QED) is 0.582. The van der Waals surface area contributed by atoms with E-state index >= 15 is 0 Å². The molecule has 0 saturated carbocycles. The minimum absolute atomic E-state index is 0.692. The Hall–Kier alpha value is -2.99. The van der Waals surface area contributed by atoms with Gasteiger partial charge in [0.05, 0.1) is 32.2 Å². The number of methoxy groups -OCH3 is 2. The standard InChI is InChI=1S/C24H29N3O3/c1-4-30-21-9-6-18(7-10-21)16-26-12-5-13-27-20(17-26)15-22(25-27)19-8-11-23(28-2)24(14-19)29-3/h6-11,14-15H,4-5,12-13,16-17H2,1-3H3. The third kappa shape index (κ3) is 4.44. The largest absolute Gasteiger partial charge is 0.494 e. The molecule has 0 amide bonds. The van der Waals surface area contributed by atoms with Gasteiger partial charge >= 0.3 is 0 Å². The lowest BCUT2D eigenvalue weighted by Gasteiger charge is -2.19. The lowest BCUT2D eigenvalue weighted by molar-refractivity contribution is 0.261. The van der Waals surface area contributed by atoms with Crippen molar-refractivity contribution in [3.05, 3.63) is 59.8 Å². The van der Waals surface area contributed by atoms with E-state index in [9.17, 15) is 0 Å². The van der Waals surface area contributed by atoms with Crippen LogP contribution < -0.4 is 14.2 Å². The van der Waals surface area contributed by atoms with Gasteiger partial charge in [-0.3, -0.25) is 9.58 Å². The molecule has 158 valence electrons. The Labute approximate surface area is 178 Å². The molecule has 3 aromatic rings. The van der Waals surface area contributed by atoms with E-state index in [-0.39, 0.29) is 0 Å². The summed E-state index contributed by atoms with van der Waals surface area (Å²) in [5.41, 5.74) is 4.54. The van der Waals surface area contributed by atoms with Crippen molar-refractivity contribution in [2.45, 2.75) is 33.0 Å². The molecule has 0 radical (unpaired) electrons. The van der Waals surface area contributed by atoms with E-state index in [0.29, 0.717) is 6.61 Å². The van der Waals surface area contributed by atoms with Crippen molar-refractivity contribution >= 4 is 0 Å². The molecule has 0 fully saturated rings. The fraction of sp³-hybridized carbons (Fsp3) is 0.375. The molecule has 2 heterocycles. The second-order valence-electron chi connectivity index (χ2n) is 7.45. The van der Waals surface area contributed by atoms with Crippen molar-refractivity contribution in [3.8, 4) is 28.5 Å². The molecule has 0 saturated heterocycles. The van der Waals surface area contributed by atoms with E-state index in [2.05, 4.69) is 39.9 Å². The second kappa shape index (κ2) is 9.22. The minimum Gasteiger partial charge on any atom is -0.494 e. The number of hydrogen-bond acceptors (Lipinski definition) is 5. The molecule has 6 nitrogen and oxygen atoms in total. The maximum Gasteiger partial charge on any atom is 0.161 e. The van der Waals surface area contributed by atoms with Crippen LogP contribution >= 0.6 is 0 Å². The molecule has 0 aliphatic carbocycles. The van der Waals surface area contributed by atoms with Crippen LogP contribution in [0.1, 0.15) is 24.6 Å². The van der Waals surface area contributed by atoms with Crippen LogP contribution in [0.15, 0.2) is 48.5 Å². The normalized spacial score (nSPS) is 14.1. The van der Waals surface area contributed by atoms with E-state index in [1.807, 2.05) is 25.1 Å². The Bertz CT molecular complexity index is 982. The van der Waals surface area contributed by atoms with Gasteiger partial charge < -0.3 is 14.2 Å². The summed E-state index contributed by atoms with van der Waals surface area (Å²) in [5.74, 6) is 2.37. The van der Waals surface area contributed by atoms with Gasteiger partial charge in [-0.2, -0.15) is 5.10 Å². The highest BCUT2D eigenvalue weighted by molar-refractivity contribution is 5.64. The minimum atomic E-state index is 0.692. The summed E-state index contributed by atoms with van der Waals surface area (Å²) in [6, 6.07) is 16.5. The molecule has 4 rings (SSSR count). The molecule has 1 aromatic heterocycles. The molecule has 1 aliphatic heterocycles. The van der Waals surface area contributed by atoms with Crippen molar-refractivity contribution in [1.29, 1.82) is 0 Å². The first kappa shape index (κ1) is 20.3. The zero-order valence-corrected chi connectivity index (χ0v) is 17.9. The Morgan fingerprint density at radius 3 is 2.47 bits per heavy atom. The van der Waals surface area contributed by atoms with Crippen molar-refractivity contribution in [2.24, 2.45) is 0 Å². The number of benzene rings is 2. The fourth-order valence-electron chi connectivity index (χ4n) is 3.92. The molecule has 0 atom stereocenters. The molecule has 30 heavy (non-hydrogen) atoms. The number of rotatable bonds is 7. The Kier molecular flexibility index (Phi) is 6.23. The summed E-state index contributed by atoms with van der Waals surface area (Å²) < 4.78 is 18.5. The van der Waals surface area contributed by atoms with Gasteiger partial charge in [-0.05, 0) is 55.3 Å². The molecule has 2 aromatic carbocycles.